The summed E-state index contributed by atoms with van der Waals surface area (Å²) in [6.45, 7) is 8.61. The third kappa shape index (κ3) is 3.16. The normalized spacial score (nSPS) is 19.3. The third-order valence-corrected chi connectivity index (χ3v) is 5.27. The van der Waals surface area contributed by atoms with Crippen LogP contribution in [-0.4, -0.2) is 28.1 Å². The molecule has 0 unspecified atom stereocenters. The SMILES string of the molecule is CC1(C)OB(c2cnn(Cc3c(Cl)cccc3Cl)c2)OC1(C)C. The zero-order valence-electron chi connectivity index (χ0n) is 13.6. The van der Waals surface area contributed by atoms with Crippen LogP contribution in [0.1, 0.15) is 33.3 Å². The summed E-state index contributed by atoms with van der Waals surface area (Å²) in [5.74, 6) is 0. The van der Waals surface area contributed by atoms with Crippen molar-refractivity contribution in [2.45, 2.75) is 45.4 Å². The van der Waals surface area contributed by atoms with Crippen molar-refractivity contribution in [1.82, 2.24) is 9.78 Å². The first-order valence-corrected chi connectivity index (χ1v) is 8.26. The summed E-state index contributed by atoms with van der Waals surface area (Å²) in [5, 5.41) is 5.63. The summed E-state index contributed by atoms with van der Waals surface area (Å²) in [6.07, 6.45) is 3.66. The number of hydrogen-bond acceptors (Lipinski definition) is 3. The molecule has 0 atom stereocenters. The fourth-order valence-electron chi connectivity index (χ4n) is 2.41. The highest BCUT2D eigenvalue weighted by Crippen LogP contribution is 2.36. The van der Waals surface area contributed by atoms with Crippen molar-refractivity contribution >= 4 is 35.8 Å². The van der Waals surface area contributed by atoms with Gasteiger partial charge in [0.25, 0.3) is 0 Å². The first-order valence-electron chi connectivity index (χ1n) is 7.50. The third-order valence-electron chi connectivity index (χ3n) is 4.56. The summed E-state index contributed by atoms with van der Waals surface area (Å²) in [4.78, 5) is 0. The van der Waals surface area contributed by atoms with E-state index in [9.17, 15) is 0 Å². The Bertz CT molecular complexity index is 694. The van der Waals surface area contributed by atoms with Crippen LogP contribution in [0, 0.1) is 0 Å². The van der Waals surface area contributed by atoms with Gasteiger partial charge < -0.3 is 9.31 Å². The van der Waals surface area contributed by atoms with Crippen molar-refractivity contribution in [1.29, 1.82) is 0 Å². The van der Waals surface area contributed by atoms with Gasteiger partial charge in [-0.25, -0.2) is 0 Å². The van der Waals surface area contributed by atoms with Crippen LogP contribution < -0.4 is 5.46 Å². The zero-order chi connectivity index (χ0) is 16.8. The van der Waals surface area contributed by atoms with E-state index in [1.807, 2.05) is 52.1 Å². The maximum atomic E-state index is 6.21. The van der Waals surface area contributed by atoms with Gasteiger partial charge in [0.2, 0.25) is 0 Å². The lowest BCUT2D eigenvalue weighted by Crippen LogP contribution is -2.41. The molecule has 1 fully saturated rings. The van der Waals surface area contributed by atoms with Crippen LogP contribution in [0.2, 0.25) is 10.0 Å². The molecule has 1 saturated heterocycles. The largest absolute Gasteiger partial charge is 0.498 e. The van der Waals surface area contributed by atoms with Crippen molar-refractivity contribution in [3.05, 3.63) is 46.2 Å². The average Bonchev–Trinajstić information content (AvgIpc) is 2.97. The lowest BCUT2D eigenvalue weighted by atomic mass is 9.82. The molecule has 2 heterocycles. The van der Waals surface area contributed by atoms with Gasteiger partial charge >= 0.3 is 7.12 Å². The minimum Gasteiger partial charge on any atom is -0.399 e. The second-order valence-electron chi connectivity index (χ2n) is 6.76. The van der Waals surface area contributed by atoms with Gasteiger partial charge in [0.15, 0.2) is 0 Å². The summed E-state index contributed by atoms with van der Waals surface area (Å²) >= 11 is 12.4. The predicted octanol–water partition coefficient (Wildman–Crippen LogP) is 3.54. The van der Waals surface area contributed by atoms with Crippen LogP contribution in [0.3, 0.4) is 0 Å². The van der Waals surface area contributed by atoms with Gasteiger partial charge in [0.1, 0.15) is 0 Å². The molecular weight excluding hydrogens is 334 g/mol. The Kier molecular flexibility index (Phi) is 4.26. The van der Waals surface area contributed by atoms with Gasteiger partial charge in [-0.05, 0) is 39.8 Å². The fraction of sp³-hybridized carbons (Fsp3) is 0.438. The molecule has 0 radical (unpaired) electrons. The Hall–Kier alpha value is -1.01. The Morgan fingerprint density at radius 3 is 2.22 bits per heavy atom. The van der Waals surface area contributed by atoms with Crippen LogP contribution in [0.4, 0.5) is 0 Å². The van der Waals surface area contributed by atoms with Gasteiger partial charge in [-0.15, -0.1) is 0 Å². The minimum atomic E-state index is -0.421. The van der Waals surface area contributed by atoms with E-state index in [1.54, 1.807) is 10.9 Å². The van der Waals surface area contributed by atoms with Crippen LogP contribution in [0.5, 0.6) is 0 Å². The molecule has 1 aromatic heterocycles. The van der Waals surface area contributed by atoms with Gasteiger partial charge in [-0.1, -0.05) is 29.3 Å². The van der Waals surface area contributed by atoms with Crippen molar-refractivity contribution in [3.63, 3.8) is 0 Å². The van der Waals surface area contributed by atoms with E-state index in [4.69, 9.17) is 32.5 Å². The molecule has 7 heteroatoms. The van der Waals surface area contributed by atoms with E-state index in [1.165, 1.54) is 0 Å². The van der Waals surface area contributed by atoms with Gasteiger partial charge in [-0.3, -0.25) is 4.68 Å². The van der Waals surface area contributed by atoms with Gasteiger partial charge in [-0.2, -0.15) is 5.10 Å². The maximum Gasteiger partial charge on any atom is 0.498 e. The average molecular weight is 353 g/mol. The van der Waals surface area contributed by atoms with E-state index in [2.05, 4.69) is 5.10 Å². The zero-order valence-corrected chi connectivity index (χ0v) is 15.1. The van der Waals surface area contributed by atoms with Crippen molar-refractivity contribution < 1.29 is 9.31 Å². The number of hydrogen-bond donors (Lipinski definition) is 0. The Morgan fingerprint density at radius 1 is 1.09 bits per heavy atom. The minimum absolute atomic E-state index is 0.369. The number of halogens is 2. The molecule has 0 aliphatic carbocycles. The molecule has 1 aliphatic rings. The highest BCUT2D eigenvalue weighted by molar-refractivity contribution is 6.62. The smallest absolute Gasteiger partial charge is 0.399 e. The highest BCUT2D eigenvalue weighted by atomic mass is 35.5. The molecule has 0 saturated carbocycles. The first-order chi connectivity index (χ1) is 10.7. The number of nitrogens with zero attached hydrogens (tertiary/aromatic N) is 2. The monoisotopic (exact) mass is 352 g/mol. The molecule has 23 heavy (non-hydrogen) atoms. The highest BCUT2D eigenvalue weighted by Gasteiger charge is 2.52. The standard InChI is InChI=1S/C16H19BCl2N2O2/c1-15(2)16(3,4)23-17(22-15)11-8-20-21(9-11)10-12-13(18)6-5-7-14(12)19/h5-9H,10H2,1-4H3. The molecule has 2 aromatic rings. The molecule has 1 aromatic carbocycles. The van der Waals surface area contributed by atoms with Crippen LogP contribution >= 0.6 is 23.2 Å². The molecule has 0 spiro atoms. The molecular formula is C16H19BCl2N2O2. The Labute approximate surface area is 146 Å². The van der Waals surface area contributed by atoms with E-state index in [0.29, 0.717) is 16.6 Å². The number of rotatable bonds is 3. The molecule has 3 rings (SSSR count). The van der Waals surface area contributed by atoms with Crippen molar-refractivity contribution in [2.24, 2.45) is 0 Å². The van der Waals surface area contributed by atoms with Crippen LogP contribution in [0.15, 0.2) is 30.6 Å². The summed E-state index contributed by atoms with van der Waals surface area (Å²) in [6, 6.07) is 5.47. The Morgan fingerprint density at radius 2 is 1.65 bits per heavy atom. The van der Waals surface area contributed by atoms with Crippen molar-refractivity contribution in [2.75, 3.05) is 0 Å². The molecule has 0 N–H and O–H groups in total. The summed E-state index contributed by atoms with van der Waals surface area (Å²) in [5.41, 5.74) is 0.990. The number of benzene rings is 1. The van der Waals surface area contributed by atoms with E-state index < -0.39 is 7.12 Å². The molecule has 4 nitrogen and oxygen atoms in total. The van der Waals surface area contributed by atoms with Crippen molar-refractivity contribution in [3.8, 4) is 0 Å². The maximum absolute atomic E-state index is 6.21. The fourth-order valence-corrected chi connectivity index (χ4v) is 2.93. The number of aromatic nitrogens is 2. The lowest BCUT2D eigenvalue weighted by Gasteiger charge is -2.32. The Balaban J connectivity index is 1.80. The molecule has 122 valence electrons. The first kappa shape index (κ1) is 16.8. The lowest BCUT2D eigenvalue weighted by molar-refractivity contribution is 0.00578. The van der Waals surface area contributed by atoms with E-state index in [-0.39, 0.29) is 11.2 Å². The molecule has 0 bridgehead atoms. The van der Waals surface area contributed by atoms with E-state index >= 15 is 0 Å². The predicted molar refractivity (Wildman–Crippen MR) is 93.5 cm³/mol. The van der Waals surface area contributed by atoms with Gasteiger partial charge in [0.05, 0.1) is 17.7 Å². The summed E-state index contributed by atoms with van der Waals surface area (Å²) < 4.78 is 13.9. The van der Waals surface area contributed by atoms with Gasteiger partial charge in [0, 0.05) is 33.5 Å². The molecule has 1 aliphatic heterocycles. The van der Waals surface area contributed by atoms with E-state index in [0.717, 1.165) is 11.0 Å². The topological polar surface area (TPSA) is 36.3 Å². The van der Waals surface area contributed by atoms with Crippen LogP contribution in [0.25, 0.3) is 0 Å². The van der Waals surface area contributed by atoms with Crippen LogP contribution in [-0.2, 0) is 15.9 Å². The second kappa shape index (κ2) is 5.81. The quantitative estimate of drug-likeness (QED) is 0.792. The second-order valence-corrected chi connectivity index (χ2v) is 7.57. The summed E-state index contributed by atoms with van der Waals surface area (Å²) in [7, 11) is -0.421. The molecule has 0 amide bonds.